The lowest BCUT2D eigenvalue weighted by molar-refractivity contribution is 0.238. The summed E-state index contributed by atoms with van der Waals surface area (Å²) in [5.41, 5.74) is 2.61. The summed E-state index contributed by atoms with van der Waals surface area (Å²) in [4.78, 5) is 21.8. The average Bonchev–Trinajstić information content (AvgIpc) is 3.16. The van der Waals surface area contributed by atoms with E-state index >= 15 is 0 Å². The Morgan fingerprint density at radius 3 is 2.75 bits per heavy atom. The molecule has 0 radical (unpaired) electrons. The van der Waals surface area contributed by atoms with Gasteiger partial charge in [0.05, 0.1) is 24.0 Å². The molecule has 0 amide bonds. The number of aromatic amines is 1. The molecule has 4 aromatic rings. The minimum absolute atomic E-state index is 0.129. The van der Waals surface area contributed by atoms with E-state index in [2.05, 4.69) is 25.1 Å². The number of H-pyrrole nitrogens is 1. The van der Waals surface area contributed by atoms with Crippen LogP contribution in [-0.4, -0.2) is 31.6 Å². The van der Waals surface area contributed by atoms with Gasteiger partial charge in [0, 0.05) is 5.56 Å². The Hall–Kier alpha value is -3.32. The number of nitrogens with zero attached hydrogens (tertiary/aromatic N) is 4. The third-order valence-corrected chi connectivity index (χ3v) is 4.57. The van der Waals surface area contributed by atoms with Crippen molar-refractivity contribution in [1.82, 2.24) is 25.1 Å². The first kappa shape index (κ1) is 18.1. The van der Waals surface area contributed by atoms with Crippen LogP contribution in [0.25, 0.3) is 22.4 Å². The topological polar surface area (TPSA) is 87.9 Å². The largest absolute Gasteiger partial charge is 0.419 e. The van der Waals surface area contributed by atoms with Crippen molar-refractivity contribution in [3.63, 3.8) is 0 Å². The molecule has 0 bridgehead atoms. The maximum absolute atomic E-state index is 12.3. The summed E-state index contributed by atoms with van der Waals surface area (Å²) in [6.45, 7) is 5.78. The van der Waals surface area contributed by atoms with Crippen molar-refractivity contribution in [2.45, 2.75) is 26.9 Å². The van der Waals surface area contributed by atoms with Crippen LogP contribution in [0.1, 0.15) is 24.2 Å². The summed E-state index contributed by atoms with van der Waals surface area (Å²) in [7, 11) is 0. The number of aromatic nitrogens is 4. The molecule has 1 N–H and O–H groups in total. The molecular weight excluding hydrogens is 354 g/mol. The summed E-state index contributed by atoms with van der Waals surface area (Å²) in [5, 5.41) is 8.92. The Kier molecular flexibility index (Phi) is 4.99. The standard InChI is InChI=1S/C21H21N5O2/c1-3-26(12-18-22-17-10-5-4-9-16(17)20(27)23-18)13-19-24-25-21(28-19)15-8-6-7-14(2)11-15/h4-11H,3,12-13H2,1-2H3,(H,22,23,27). The molecule has 0 unspecified atom stereocenters. The fourth-order valence-electron chi connectivity index (χ4n) is 3.10. The normalized spacial score (nSPS) is 11.4. The van der Waals surface area contributed by atoms with E-state index in [1.54, 1.807) is 6.07 Å². The second-order valence-corrected chi connectivity index (χ2v) is 6.70. The van der Waals surface area contributed by atoms with Gasteiger partial charge in [0.2, 0.25) is 11.8 Å². The zero-order valence-electron chi connectivity index (χ0n) is 15.8. The fourth-order valence-corrected chi connectivity index (χ4v) is 3.10. The van der Waals surface area contributed by atoms with Gasteiger partial charge in [-0.25, -0.2) is 4.98 Å². The van der Waals surface area contributed by atoms with Gasteiger partial charge in [0.15, 0.2) is 0 Å². The van der Waals surface area contributed by atoms with Crippen molar-refractivity contribution in [3.05, 3.63) is 76.2 Å². The molecule has 2 aromatic carbocycles. The first-order valence-electron chi connectivity index (χ1n) is 9.22. The molecule has 7 nitrogen and oxygen atoms in total. The second-order valence-electron chi connectivity index (χ2n) is 6.70. The summed E-state index contributed by atoms with van der Waals surface area (Å²) in [5.74, 6) is 1.65. The average molecular weight is 375 g/mol. The lowest BCUT2D eigenvalue weighted by Gasteiger charge is -2.17. The van der Waals surface area contributed by atoms with Crippen LogP contribution in [0.5, 0.6) is 0 Å². The van der Waals surface area contributed by atoms with Crippen molar-refractivity contribution < 1.29 is 4.42 Å². The van der Waals surface area contributed by atoms with Crippen LogP contribution in [0.2, 0.25) is 0 Å². The minimum Gasteiger partial charge on any atom is -0.419 e. The first-order chi connectivity index (χ1) is 13.6. The van der Waals surface area contributed by atoms with Crippen LogP contribution in [0.4, 0.5) is 0 Å². The van der Waals surface area contributed by atoms with E-state index < -0.39 is 0 Å². The van der Waals surface area contributed by atoms with Gasteiger partial charge in [-0.2, -0.15) is 0 Å². The van der Waals surface area contributed by atoms with Crippen LogP contribution in [0.15, 0.2) is 57.7 Å². The van der Waals surface area contributed by atoms with Gasteiger partial charge < -0.3 is 9.40 Å². The van der Waals surface area contributed by atoms with Crippen LogP contribution < -0.4 is 5.56 Å². The van der Waals surface area contributed by atoms with Crippen LogP contribution >= 0.6 is 0 Å². The highest BCUT2D eigenvalue weighted by Gasteiger charge is 2.14. The number of aryl methyl sites for hydroxylation is 1. The molecule has 4 rings (SSSR count). The molecule has 2 aromatic heterocycles. The van der Waals surface area contributed by atoms with Gasteiger partial charge in [-0.15, -0.1) is 10.2 Å². The van der Waals surface area contributed by atoms with Gasteiger partial charge in [-0.1, -0.05) is 36.8 Å². The maximum atomic E-state index is 12.3. The van der Waals surface area contributed by atoms with Crippen molar-refractivity contribution in [3.8, 4) is 11.5 Å². The Bertz CT molecular complexity index is 1160. The van der Waals surface area contributed by atoms with E-state index in [1.165, 1.54) is 0 Å². The lowest BCUT2D eigenvalue weighted by Crippen LogP contribution is -2.25. The van der Waals surface area contributed by atoms with Crippen molar-refractivity contribution in [1.29, 1.82) is 0 Å². The van der Waals surface area contributed by atoms with Gasteiger partial charge in [0.1, 0.15) is 5.82 Å². The minimum atomic E-state index is -0.129. The first-order valence-corrected chi connectivity index (χ1v) is 9.22. The molecule has 0 aliphatic rings. The summed E-state index contributed by atoms with van der Waals surface area (Å²) in [6.07, 6.45) is 0. The fraction of sp³-hybridized carbons (Fsp3) is 0.238. The Morgan fingerprint density at radius 2 is 1.93 bits per heavy atom. The molecule has 142 valence electrons. The second kappa shape index (κ2) is 7.74. The Morgan fingerprint density at radius 1 is 1.07 bits per heavy atom. The van der Waals surface area contributed by atoms with E-state index in [-0.39, 0.29) is 5.56 Å². The highest BCUT2D eigenvalue weighted by Crippen LogP contribution is 2.19. The number of hydrogen-bond acceptors (Lipinski definition) is 6. The number of para-hydroxylation sites is 1. The summed E-state index contributed by atoms with van der Waals surface area (Å²) < 4.78 is 5.83. The molecule has 0 aliphatic heterocycles. The number of rotatable bonds is 6. The van der Waals surface area contributed by atoms with Gasteiger partial charge in [-0.3, -0.25) is 9.69 Å². The zero-order valence-corrected chi connectivity index (χ0v) is 15.8. The summed E-state index contributed by atoms with van der Waals surface area (Å²) in [6, 6.07) is 15.3. The van der Waals surface area contributed by atoms with Gasteiger partial charge >= 0.3 is 0 Å². The molecule has 28 heavy (non-hydrogen) atoms. The van der Waals surface area contributed by atoms with Crippen LogP contribution in [0, 0.1) is 6.92 Å². The number of hydrogen-bond donors (Lipinski definition) is 1. The monoisotopic (exact) mass is 375 g/mol. The molecule has 0 atom stereocenters. The van der Waals surface area contributed by atoms with Crippen LogP contribution in [0.3, 0.4) is 0 Å². The van der Waals surface area contributed by atoms with E-state index in [4.69, 9.17) is 4.42 Å². The smallest absolute Gasteiger partial charge is 0.258 e. The van der Waals surface area contributed by atoms with Gasteiger partial charge in [0.25, 0.3) is 5.56 Å². The molecule has 0 spiro atoms. The third kappa shape index (κ3) is 3.84. The van der Waals surface area contributed by atoms with Crippen molar-refractivity contribution >= 4 is 10.9 Å². The zero-order chi connectivity index (χ0) is 19.5. The number of nitrogens with one attached hydrogen (secondary N) is 1. The molecule has 0 saturated heterocycles. The molecule has 7 heteroatoms. The van der Waals surface area contributed by atoms with Crippen molar-refractivity contribution in [2.24, 2.45) is 0 Å². The highest BCUT2D eigenvalue weighted by atomic mass is 16.4. The van der Waals surface area contributed by atoms with Gasteiger partial charge in [-0.05, 0) is 37.7 Å². The highest BCUT2D eigenvalue weighted by molar-refractivity contribution is 5.77. The summed E-state index contributed by atoms with van der Waals surface area (Å²) >= 11 is 0. The molecule has 0 saturated carbocycles. The van der Waals surface area contributed by atoms with E-state index in [9.17, 15) is 4.79 Å². The third-order valence-electron chi connectivity index (χ3n) is 4.57. The maximum Gasteiger partial charge on any atom is 0.258 e. The predicted molar refractivity (Wildman–Crippen MR) is 107 cm³/mol. The lowest BCUT2D eigenvalue weighted by atomic mass is 10.1. The van der Waals surface area contributed by atoms with Crippen LogP contribution in [-0.2, 0) is 13.1 Å². The number of fused-ring (bicyclic) bond motifs is 1. The Labute approximate surface area is 162 Å². The van der Waals surface area contributed by atoms with E-state index in [0.717, 1.165) is 17.7 Å². The Balaban J connectivity index is 1.52. The molecule has 0 aliphatic carbocycles. The molecule has 2 heterocycles. The quantitative estimate of drug-likeness (QED) is 0.556. The molecular formula is C21H21N5O2. The molecule has 0 fully saturated rings. The van der Waals surface area contributed by atoms with E-state index in [1.807, 2.05) is 56.3 Å². The SMILES string of the molecule is CCN(Cc1nc2ccccc2c(=O)[nH]1)Cc1nnc(-c2cccc(C)c2)o1. The predicted octanol–water partition coefficient (Wildman–Crippen LogP) is 3.30. The van der Waals surface area contributed by atoms with Crippen molar-refractivity contribution in [2.75, 3.05) is 6.54 Å². The van der Waals surface area contributed by atoms with E-state index in [0.29, 0.717) is 41.6 Å². The number of benzene rings is 2.